The zero-order chi connectivity index (χ0) is 12.3. The van der Waals surface area contributed by atoms with Crippen molar-refractivity contribution in [2.75, 3.05) is 33.7 Å². The SMILES string of the molecule is CC[N+](C)(C)N1CCC(c2ccccc2)CC1. The first-order valence-corrected chi connectivity index (χ1v) is 6.77. The molecule has 0 atom stereocenters. The molecule has 17 heavy (non-hydrogen) atoms. The molecule has 0 aliphatic carbocycles. The number of hydrogen-bond donors (Lipinski definition) is 0. The van der Waals surface area contributed by atoms with Crippen LogP contribution in [0.3, 0.4) is 0 Å². The van der Waals surface area contributed by atoms with Crippen molar-refractivity contribution in [1.29, 1.82) is 0 Å². The maximum atomic E-state index is 2.60. The van der Waals surface area contributed by atoms with Crippen molar-refractivity contribution < 1.29 is 4.59 Å². The predicted octanol–water partition coefficient (Wildman–Crippen LogP) is 2.88. The highest BCUT2D eigenvalue weighted by atomic mass is 15.7. The molecule has 0 aromatic heterocycles. The number of benzene rings is 1. The van der Waals surface area contributed by atoms with Gasteiger partial charge < -0.3 is 0 Å². The molecule has 0 bridgehead atoms. The Morgan fingerprint density at radius 3 is 2.24 bits per heavy atom. The van der Waals surface area contributed by atoms with E-state index in [1.54, 1.807) is 0 Å². The van der Waals surface area contributed by atoms with Crippen LogP contribution >= 0.6 is 0 Å². The van der Waals surface area contributed by atoms with Gasteiger partial charge in [-0.2, -0.15) is 5.01 Å². The van der Waals surface area contributed by atoms with Gasteiger partial charge in [-0.15, -0.1) is 0 Å². The molecule has 1 aliphatic heterocycles. The van der Waals surface area contributed by atoms with Crippen molar-refractivity contribution in [2.24, 2.45) is 0 Å². The molecule has 2 rings (SSSR count). The molecule has 1 aliphatic rings. The van der Waals surface area contributed by atoms with E-state index in [1.807, 2.05) is 0 Å². The molecule has 1 aromatic rings. The van der Waals surface area contributed by atoms with Gasteiger partial charge in [-0.05, 0) is 31.2 Å². The van der Waals surface area contributed by atoms with E-state index < -0.39 is 0 Å². The Balaban J connectivity index is 1.95. The molecule has 1 fully saturated rings. The average molecular weight is 233 g/mol. The molecule has 0 N–H and O–H groups in total. The fourth-order valence-corrected chi connectivity index (χ4v) is 2.67. The van der Waals surface area contributed by atoms with Crippen LogP contribution in [0.25, 0.3) is 0 Å². The molecule has 0 saturated carbocycles. The first-order chi connectivity index (χ1) is 8.13. The van der Waals surface area contributed by atoms with Crippen LogP contribution in [0.2, 0.25) is 0 Å². The second-order valence-electron chi connectivity index (χ2n) is 5.58. The van der Waals surface area contributed by atoms with Gasteiger partial charge in [0.15, 0.2) is 0 Å². The highest BCUT2D eigenvalue weighted by molar-refractivity contribution is 5.19. The van der Waals surface area contributed by atoms with E-state index in [1.165, 1.54) is 38.0 Å². The minimum Gasteiger partial charge on any atom is -0.248 e. The molecule has 1 saturated heterocycles. The van der Waals surface area contributed by atoms with Gasteiger partial charge in [0.2, 0.25) is 0 Å². The Labute approximate surface area is 105 Å². The molecular weight excluding hydrogens is 208 g/mol. The standard InChI is InChI=1S/C15H25N2/c1-4-17(2,3)16-12-10-15(11-13-16)14-8-6-5-7-9-14/h5-9,15H,4,10-13H2,1-3H3/q+1. The zero-order valence-electron chi connectivity index (χ0n) is 11.4. The van der Waals surface area contributed by atoms with Crippen LogP contribution < -0.4 is 0 Å². The highest BCUT2D eigenvalue weighted by Crippen LogP contribution is 2.29. The number of quaternary nitrogens is 1. The number of rotatable bonds is 3. The van der Waals surface area contributed by atoms with E-state index in [9.17, 15) is 0 Å². The lowest BCUT2D eigenvalue weighted by molar-refractivity contribution is -1.00. The van der Waals surface area contributed by atoms with Crippen LogP contribution in [-0.4, -0.2) is 43.3 Å². The van der Waals surface area contributed by atoms with E-state index in [4.69, 9.17) is 0 Å². The minimum atomic E-state index is 0.768. The van der Waals surface area contributed by atoms with Crippen LogP contribution in [0, 0.1) is 0 Å². The maximum Gasteiger partial charge on any atom is 0.0931 e. The van der Waals surface area contributed by atoms with Gasteiger partial charge in [-0.3, -0.25) is 0 Å². The van der Waals surface area contributed by atoms with Crippen molar-refractivity contribution in [3.05, 3.63) is 35.9 Å². The van der Waals surface area contributed by atoms with Gasteiger partial charge in [-0.25, -0.2) is 4.59 Å². The predicted molar refractivity (Wildman–Crippen MR) is 72.6 cm³/mol. The topological polar surface area (TPSA) is 3.24 Å². The number of piperidine rings is 1. The van der Waals surface area contributed by atoms with Crippen LogP contribution in [0.4, 0.5) is 0 Å². The summed E-state index contributed by atoms with van der Waals surface area (Å²) in [6.45, 7) is 5.89. The Morgan fingerprint density at radius 1 is 1.12 bits per heavy atom. The molecule has 0 spiro atoms. The monoisotopic (exact) mass is 233 g/mol. The number of hydrogen-bond acceptors (Lipinski definition) is 1. The summed E-state index contributed by atoms with van der Waals surface area (Å²) >= 11 is 0. The molecule has 0 radical (unpaired) electrons. The molecule has 1 aromatic carbocycles. The quantitative estimate of drug-likeness (QED) is 0.726. The minimum absolute atomic E-state index is 0.768. The summed E-state index contributed by atoms with van der Waals surface area (Å²) in [5.74, 6) is 0.768. The first kappa shape index (κ1) is 12.6. The first-order valence-electron chi connectivity index (χ1n) is 6.77. The van der Waals surface area contributed by atoms with Gasteiger partial charge in [0.25, 0.3) is 0 Å². The maximum absolute atomic E-state index is 2.60. The molecule has 1 heterocycles. The smallest absolute Gasteiger partial charge is 0.0931 e. The summed E-state index contributed by atoms with van der Waals surface area (Å²) in [6.07, 6.45) is 2.59. The Bertz CT molecular complexity index is 337. The van der Waals surface area contributed by atoms with Crippen molar-refractivity contribution in [3.8, 4) is 0 Å². The molecule has 0 unspecified atom stereocenters. The molecule has 0 amide bonds. The lowest BCUT2D eigenvalue weighted by Gasteiger charge is -2.43. The summed E-state index contributed by atoms with van der Waals surface area (Å²) in [7, 11) is 4.62. The van der Waals surface area contributed by atoms with Gasteiger partial charge in [0.1, 0.15) is 0 Å². The summed E-state index contributed by atoms with van der Waals surface area (Å²) in [5, 5.41) is 2.60. The molecule has 2 nitrogen and oxygen atoms in total. The average Bonchev–Trinajstić information content (AvgIpc) is 2.40. The summed E-state index contributed by atoms with van der Waals surface area (Å²) < 4.78 is 1.03. The Hall–Kier alpha value is -0.860. The van der Waals surface area contributed by atoms with Gasteiger partial charge >= 0.3 is 0 Å². The van der Waals surface area contributed by atoms with Crippen molar-refractivity contribution >= 4 is 0 Å². The van der Waals surface area contributed by atoms with E-state index in [0.717, 1.165) is 10.5 Å². The third-order valence-corrected chi connectivity index (χ3v) is 4.28. The van der Waals surface area contributed by atoms with Crippen LogP contribution in [0.15, 0.2) is 30.3 Å². The second kappa shape index (κ2) is 5.19. The third-order valence-electron chi connectivity index (χ3n) is 4.28. The lowest BCUT2D eigenvalue weighted by atomic mass is 9.90. The summed E-state index contributed by atoms with van der Waals surface area (Å²) in [4.78, 5) is 0. The molecular formula is C15H25N2+. The number of nitrogens with zero attached hydrogens (tertiary/aromatic N) is 2. The normalized spacial score (nSPS) is 19.5. The highest BCUT2D eigenvalue weighted by Gasteiger charge is 2.29. The van der Waals surface area contributed by atoms with Gasteiger partial charge in [-0.1, -0.05) is 30.3 Å². The second-order valence-corrected chi connectivity index (χ2v) is 5.58. The third kappa shape index (κ3) is 2.88. The van der Waals surface area contributed by atoms with Gasteiger partial charge in [0.05, 0.1) is 20.6 Å². The largest absolute Gasteiger partial charge is 0.248 e. The van der Waals surface area contributed by atoms with E-state index >= 15 is 0 Å². The van der Waals surface area contributed by atoms with Crippen molar-refractivity contribution in [1.82, 2.24) is 5.01 Å². The summed E-state index contributed by atoms with van der Waals surface area (Å²) in [6, 6.07) is 11.0. The Kier molecular flexibility index (Phi) is 3.85. The Morgan fingerprint density at radius 2 is 1.71 bits per heavy atom. The van der Waals surface area contributed by atoms with Gasteiger partial charge in [0, 0.05) is 13.1 Å². The van der Waals surface area contributed by atoms with E-state index in [2.05, 4.69) is 56.4 Å². The lowest BCUT2D eigenvalue weighted by Crippen LogP contribution is -2.56. The molecule has 94 valence electrons. The van der Waals surface area contributed by atoms with Crippen molar-refractivity contribution in [2.45, 2.75) is 25.7 Å². The fraction of sp³-hybridized carbons (Fsp3) is 0.600. The van der Waals surface area contributed by atoms with Crippen LogP contribution in [0.1, 0.15) is 31.2 Å². The van der Waals surface area contributed by atoms with E-state index in [-0.39, 0.29) is 0 Å². The zero-order valence-corrected chi connectivity index (χ0v) is 11.4. The van der Waals surface area contributed by atoms with E-state index in [0.29, 0.717) is 0 Å². The van der Waals surface area contributed by atoms with Crippen molar-refractivity contribution in [3.63, 3.8) is 0 Å². The molecule has 2 heteroatoms. The van der Waals surface area contributed by atoms with Crippen LogP contribution in [-0.2, 0) is 0 Å². The fourth-order valence-electron chi connectivity index (χ4n) is 2.67. The van der Waals surface area contributed by atoms with Crippen LogP contribution in [0.5, 0.6) is 0 Å². The summed E-state index contributed by atoms with van der Waals surface area (Å²) in [5.41, 5.74) is 1.52.